The number of hydrogen-bond donors (Lipinski definition) is 0. The van der Waals surface area contributed by atoms with E-state index in [0.29, 0.717) is 0 Å². The molecule has 0 saturated carbocycles. The second-order valence-corrected chi connectivity index (χ2v) is 18.8. The smallest absolute Gasteiger partial charge is 0.0732 e. The van der Waals surface area contributed by atoms with Crippen molar-refractivity contribution >= 4 is 55.7 Å². The molecule has 2 aliphatic rings. The second kappa shape index (κ2) is 16.5. The SMILES string of the molecule is c1ccc(-c2ccc(N(c3ccccc3)c3ccc4c(c3)C3(c5ccccc5-c5ccccc53)c3c-4c4ccccc4c4cc(N(c5ccccc5)c5ccc(-c6ccccc6)cc5)ccc34)cc2)cc1. The van der Waals surface area contributed by atoms with Crippen LogP contribution in [0.1, 0.15) is 22.3 Å². The van der Waals surface area contributed by atoms with Gasteiger partial charge in [-0.05, 0) is 161 Å². The molecule has 2 nitrogen and oxygen atoms in total. The van der Waals surface area contributed by atoms with Gasteiger partial charge in [-0.15, -0.1) is 0 Å². The minimum atomic E-state index is -0.608. The standard InChI is InChI=1S/C69H46N2/c1-5-19-47(20-6-1)49-33-37-53(38-34-49)70(51-23-9-3-10-24-51)55-41-43-61-63(45-55)57-27-13-14-30-60(57)67-62-44-42-56(46-66(62)69(68(61)67)64-31-17-15-28-58(64)59-29-16-18-32-65(59)69)71(52-25-11-4-12-26-52)54-39-35-50(36-40-54)48-21-7-2-8-22-48/h1-46H. The Morgan fingerprint density at radius 3 is 1.15 bits per heavy atom. The Morgan fingerprint density at radius 2 is 0.620 bits per heavy atom. The summed E-state index contributed by atoms with van der Waals surface area (Å²) in [6, 6.07) is 103. The number of anilines is 6. The van der Waals surface area contributed by atoms with Crippen LogP contribution in [0.15, 0.2) is 279 Å². The zero-order valence-electron chi connectivity index (χ0n) is 39.0. The third kappa shape index (κ3) is 6.35. The minimum absolute atomic E-state index is 0.608. The molecule has 1 spiro atoms. The van der Waals surface area contributed by atoms with E-state index in [1.807, 2.05) is 0 Å². The molecule has 0 amide bonds. The predicted molar refractivity (Wildman–Crippen MR) is 298 cm³/mol. The van der Waals surface area contributed by atoms with Crippen LogP contribution in [0.5, 0.6) is 0 Å². The zero-order chi connectivity index (χ0) is 46.9. The Kier molecular flexibility index (Phi) is 9.47. The molecule has 0 N–H and O–H groups in total. The van der Waals surface area contributed by atoms with Crippen molar-refractivity contribution in [1.82, 2.24) is 0 Å². The van der Waals surface area contributed by atoms with Crippen molar-refractivity contribution in [1.29, 1.82) is 0 Å². The molecule has 0 unspecified atom stereocenters. The summed E-state index contributed by atoms with van der Waals surface area (Å²) in [6.45, 7) is 0. The molecule has 0 fully saturated rings. The highest BCUT2D eigenvalue weighted by Gasteiger charge is 2.53. The van der Waals surface area contributed by atoms with Crippen LogP contribution in [0.2, 0.25) is 0 Å². The normalized spacial score (nSPS) is 12.6. The van der Waals surface area contributed by atoms with Gasteiger partial charge in [-0.2, -0.15) is 0 Å². The Bertz CT molecular complexity index is 3910. The zero-order valence-corrected chi connectivity index (χ0v) is 39.0. The van der Waals surface area contributed by atoms with Crippen LogP contribution >= 0.6 is 0 Å². The average Bonchev–Trinajstić information content (AvgIpc) is 3.93. The first-order valence-corrected chi connectivity index (χ1v) is 24.6. The topological polar surface area (TPSA) is 6.48 Å². The third-order valence-corrected chi connectivity index (χ3v) is 15.0. The van der Waals surface area contributed by atoms with Gasteiger partial charge in [0.05, 0.1) is 5.41 Å². The Hall–Kier alpha value is -9.24. The lowest BCUT2D eigenvalue weighted by Gasteiger charge is -2.33. The maximum absolute atomic E-state index is 2.51. The van der Waals surface area contributed by atoms with E-state index >= 15 is 0 Å². The molecule has 12 aromatic rings. The molecule has 0 heterocycles. The lowest BCUT2D eigenvalue weighted by atomic mass is 9.69. The highest BCUT2D eigenvalue weighted by Crippen LogP contribution is 2.66. The van der Waals surface area contributed by atoms with Crippen molar-refractivity contribution in [3.8, 4) is 44.5 Å². The van der Waals surface area contributed by atoms with E-state index in [2.05, 4.69) is 289 Å². The van der Waals surface area contributed by atoms with Crippen molar-refractivity contribution in [2.45, 2.75) is 5.41 Å². The summed E-state index contributed by atoms with van der Waals surface area (Å²) in [4.78, 5) is 4.82. The van der Waals surface area contributed by atoms with Crippen molar-refractivity contribution in [2.75, 3.05) is 9.80 Å². The van der Waals surface area contributed by atoms with Crippen LogP contribution in [0.4, 0.5) is 34.1 Å². The molecule has 12 aromatic carbocycles. The summed E-state index contributed by atoms with van der Waals surface area (Å²) in [5.74, 6) is 0. The molecule has 0 saturated heterocycles. The Labute approximate surface area is 414 Å². The highest BCUT2D eigenvalue weighted by atomic mass is 15.1. The van der Waals surface area contributed by atoms with Crippen molar-refractivity contribution in [3.05, 3.63) is 301 Å². The first-order valence-electron chi connectivity index (χ1n) is 24.6. The molecule has 0 atom stereocenters. The second-order valence-electron chi connectivity index (χ2n) is 18.8. The third-order valence-electron chi connectivity index (χ3n) is 15.0. The fourth-order valence-corrected chi connectivity index (χ4v) is 12.0. The predicted octanol–water partition coefficient (Wildman–Crippen LogP) is 18.6. The van der Waals surface area contributed by atoms with E-state index in [0.717, 1.165) is 34.1 Å². The number of para-hydroxylation sites is 2. The van der Waals surface area contributed by atoms with Crippen molar-refractivity contribution in [3.63, 3.8) is 0 Å². The van der Waals surface area contributed by atoms with Gasteiger partial charge in [0.15, 0.2) is 0 Å². The van der Waals surface area contributed by atoms with Gasteiger partial charge in [0, 0.05) is 34.1 Å². The molecule has 71 heavy (non-hydrogen) atoms. The van der Waals surface area contributed by atoms with E-state index in [-0.39, 0.29) is 0 Å². The molecule has 0 radical (unpaired) electrons. The summed E-state index contributed by atoms with van der Waals surface area (Å²) in [6.07, 6.45) is 0. The van der Waals surface area contributed by atoms with Crippen molar-refractivity contribution < 1.29 is 0 Å². The molecule has 0 aliphatic heterocycles. The number of fused-ring (bicyclic) bond motifs is 15. The van der Waals surface area contributed by atoms with Crippen LogP contribution in [-0.4, -0.2) is 0 Å². The molecule has 2 heteroatoms. The maximum Gasteiger partial charge on any atom is 0.0732 e. The molecular formula is C69H46N2. The van der Waals surface area contributed by atoms with Crippen molar-refractivity contribution in [2.24, 2.45) is 0 Å². The number of hydrogen-bond acceptors (Lipinski definition) is 2. The van der Waals surface area contributed by atoms with Gasteiger partial charge in [0.2, 0.25) is 0 Å². The van der Waals surface area contributed by atoms with Gasteiger partial charge in [0.25, 0.3) is 0 Å². The summed E-state index contributed by atoms with van der Waals surface area (Å²) in [5.41, 5.74) is 21.3. The molecule has 14 rings (SSSR count). The molecule has 0 bridgehead atoms. The summed E-state index contributed by atoms with van der Waals surface area (Å²) < 4.78 is 0. The van der Waals surface area contributed by atoms with Gasteiger partial charge in [-0.1, -0.05) is 206 Å². The Morgan fingerprint density at radius 1 is 0.225 bits per heavy atom. The first-order chi connectivity index (χ1) is 35.2. The number of nitrogens with zero attached hydrogens (tertiary/aromatic N) is 2. The number of rotatable bonds is 8. The van der Waals surface area contributed by atoms with Gasteiger partial charge in [0.1, 0.15) is 0 Å². The van der Waals surface area contributed by atoms with E-state index in [9.17, 15) is 0 Å². The van der Waals surface area contributed by atoms with Gasteiger partial charge in [-0.3, -0.25) is 0 Å². The summed E-state index contributed by atoms with van der Waals surface area (Å²) in [5, 5.41) is 4.99. The van der Waals surface area contributed by atoms with Crippen LogP contribution in [0.25, 0.3) is 66.1 Å². The van der Waals surface area contributed by atoms with Crippen LogP contribution in [0, 0.1) is 0 Å². The van der Waals surface area contributed by atoms with E-state index in [1.165, 1.54) is 88.3 Å². The fraction of sp³-hybridized carbons (Fsp3) is 0.0145. The summed E-state index contributed by atoms with van der Waals surface area (Å²) >= 11 is 0. The van der Waals surface area contributed by atoms with Gasteiger partial charge >= 0.3 is 0 Å². The van der Waals surface area contributed by atoms with E-state index < -0.39 is 5.41 Å². The lowest BCUT2D eigenvalue weighted by Crippen LogP contribution is -2.26. The van der Waals surface area contributed by atoms with Gasteiger partial charge < -0.3 is 9.80 Å². The largest absolute Gasteiger partial charge is 0.310 e. The Balaban J connectivity index is 1.02. The molecule has 0 aromatic heterocycles. The van der Waals surface area contributed by atoms with Crippen LogP contribution < -0.4 is 9.80 Å². The fourth-order valence-electron chi connectivity index (χ4n) is 12.0. The minimum Gasteiger partial charge on any atom is -0.310 e. The molecule has 332 valence electrons. The van der Waals surface area contributed by atoms with Crippen LogP contribution in [-0.2, 0) is 5.41 Å². The molecule has 2 aliphatic carbocycles. The average molecular weight is 903 g/mol. The first kappa shape index (κ1) is 40.8. The summed E-state index contributed by atoms with van der Waals surface area (Å²) in [7, 11) is 0. The van der Waals surface area contributed by atoms with Crippen LogP contribution in [0.3, 0.4) is 0 Å². The quantitative estimate of drug-likeness (QED) is 0.140. The monoisotopic (exact) mass is 902 g/mol. The highest BCUT2D eigenvalue weighted by molar-refractivity contribution is 6.21. The van der Waals surface area contributed by atoms with E-state index in [1.54, 1.807) is 0 Å². The molecular weight excluding hydrogens is 857 g/mol. The maximum atomic E-state index is 2.51. The van der Waals surface area contributed by atoms with Gasteiger partial charge in [-0.25, -0.2) is 0 Å². The van der Waals surface area contributed by atoms with E-state index in [4.69, 9.17) is 0 Å². The lowest BCUT2D eigenvalue weighted by molar-refractivity contribution is 0.801. The number of benzene rings is 12.